The van der Waals surface area contributed by atoms with E-state index < -0.39 is 0 Å². The van der Waals surface area contributed by atoms with Crippen molar-refractivity contribution in [2.75, 3.05) is 25.4 Å². The van der Waals surface area contributed by atoms with Crippen LogP contribution in [-0.4, -0.2) is 57.0 Å². The van der Waals surface area contributed by atoms with Gasteiger partial charge in [0.05, 0.1) is 35.4 Å². The van der Waals surface area contributed by atoms with E-state index in [9.17, 15) is 4.79 Å². The summed E-state index contributed by atoms with van der Waals surface area (Å²) in [6.45, 7) is 7.94. The molecule has 1 amide bonds. The Morgan fingerprint density at radius 1 is 1.29 bits per heavy atom. The van der Waals surface area contributed by atoms with Crippen molar-refractivity contribution in [3.8, 4) is 11.3 Å². The second-order valence-corrected chi connectivity index (χ2v) is 8.09. The van der Waals surface area contributed by atoms with Gasteiger partial charge in [0.2, 0.25) is 5.91 Å². The third-order valence-electron chi connectivity index (χ3n) is 4.85. The lowest BCUT2D eigenvalue weighted by Gasteiger charge is -2.31. The molecule has 1 unspecified atom stereocenters. The molecule has 1 aliphatic rings. The fourth-order valence-corrected chi connectivity index (χ4v) is 4.41. The Kier molecular flexibility index (Phi) is 5.37. The molecule has 0 spiro atoms. The van der Waals surface area contributed by atoms with Gasteiger partial charge in [-0.2, -0.15) is 5.10 Å². The quantitative estimate of drug-likeness (QED) is 0.633. The molecule has 7 heteroatoms. The fraction of sp³-hybridized carbons (Fsp3) is 0.381. The number of aromatic nitrogens is 3. The van der Waals surface area contributed by atoms with Gasteiger partial charge < -0.3 is 9.64 Å². The van der Waals surface area contributed by atoms with Crippen molar-refractivity contribution >= 4 is 23.2 Å². The Bertz CT molecular complexity index is 1000. The highest BCUT2D eigenvalue weighted by molar-refractivity contribution is 7.99. The van der Waals surface area contributed by atoms with Crippen molar-refractivity contribution in [1.82, 2.24) is 19.5 Å². The molecular formula is C21H24N4O2S. The minimum absolute atomic E-state index is 0.0894. The van der Waals surface area contributed by atoms with Crippen LogP contribution in [0.1, 0.15) is 18.2 Å². The van der Waals surface area contributed by atoms with E-state index in [-0.39, 0.29) is 12.0 Å². The van der Waals surface area contributed by atoms with E-state index >= 15 is 0 Å². The van der Waals surface area contributed by atoms with Crippen LogP contribution in [0.4, 0.5) is 0 Å². The highest BCUT2D eigenvalue weighted by Gasteiger charge is 2.23. The molecule has 3 heterocycles. The monoisotopic (exact) mass is 396 g/mol. The first-order chi connectivity index (χ1) is 13.5. The number of ether oxygens (including phenoxy) is 1. The van der Waals surface area contributed by atoms with Crippen LogP contribution in [0.3, 0.4) is 0 Å². The van der Waals surface area contributed by atoms with Crippen molar-refractivity contribution in [1.29, 1.82) is 0 Å². The molecule has 0 saturated carbocycles. The summed E-state index contributed by atoms with van der Waals surface area (Å²) in [5.41, 5.74) is 5.00. The molecule has 1 aliphatic heterocycles. The number of morpholine rings is 1. The van der Waals surface area contributed by atoms with Gasteiger partial charge in [-0.15, -0.1) is 0 Å². The number of carbonyl (C=O) groups excluding carboxylic acids is 1. The van der Waals surface area contributed by atoms with Gasteiger partial charge in [0.15, 0.2) is 5.16 Å². The predicted octanol–water partition coefficient (Wildman–Crippen LogP) is 3.35. The molecule has 3 aromatic rings. The number of rotatable bonds is 4. The van der Waals surface area contributed by atoms with Crippen LogP contribution in [-0.2, 0) is 9.53 Å². The molecule has 28 heavy (non-hydrogen) atoms. The van der Waals surface area contributed by atoms with Crippen LogP contribution < -0.4 is 0 Å². The lowest BCUT2D eigenvalue weighted by Crippen LogP contribution is -2.45. The van der Waals surface area contributed by atoms with Crippen LogP contribution in [0.15, 0.2) is 41.6 Å². The standard InChI is InChI=1S/C21H24N4O2S/c1-14-11-15(2)23-25-20(14)19(17-7-5-4-6-8-17)22-21(25)28-13-18(26)24-9-10-27-16(3)12-24/h4-8,11,16H,9-10,12-13H2,1-3H3. The van der Waals surface area contributed by atoms with Gasteiger partial charge in [0.25, 0.3) is 0 Å². The van der Waals surface area contributed by atoms with Crippen LogP contribution in [0.2, 0.25) is 0 Å². The molecule has 6 nitrogen and oxygen atoms in total. The fourth-order valence-electron chi connectivity index (χ4n) is 3.56. The van der Waals surface area contributed by atoms with Gasteiger partial charge in [0.1, 0.15) is 0 Å². The first-order valence-corrected chi connectivity index (χ1v) is 10.5. The third-order valence-corrected chi connectivity index (χ3v) is 5.76. The van der Waals surface area contributed by atoms with E-state index in [1.54, 1.807) is 0 Å². The predicted molar refractivity (Wildman–Crippen MR) is 111 cm³/mol. The maximum atomic E-state index is 12.7. The Hall–Kier alpha value is -2.38. The molecule has 0 aliphatic carbocycles. The summed E-state index contributed by atoms with van der Waals surface area (Å²) in [7, 11) is 0. The first-order valence-electron chi connectivity index (χ1n) is 9.47. The first kappa shape index (κ1) is 19.0. The molecular weight excluding hydrogens is 372 g/mol. The maximum absolute atomic E-state index is 12.7. The van der Waals surface area contributed by atoms with Crippen LogP contribution >= 0.6 is 11.8 Å². The van der Waals surface area contributed by atoms with Gasteiger partial charge in [0, 0.05) is 18.7 Å². The average molecular weight is 397 g/mol. The van der Waals surface area contributed by atoms with Gasteiger partial charge in [-0.25, -0.2) is 9.50 Å². The summed E-state index contributed by atoms with van der Waals surface area (Å²) < 4.78 is 7.41. The van der Waals surface area contributed by atoms with E-state index in [2.05, 4.69) is 30.2 Å². The largest absolute Gasteiger partial charge is 0.375 e. The molecule has 1 aromatic carbocycles. The van der Waals surface area contributed by atoms with Gasteiger partial charge in [-0.3, -0.25) is 4.79 Å². The summed E-state index contributed by atoms with van der Waals surface area (Å²) in [4.78, 5) is 19.4. The van der Waals surface area contributed by atoms with Crippen molar-refractivity contribution < 1.29 is 9.53 Å². The highest BCUT2D eigenvalue weighted by Crippen LogP contribution is 2.31. The summed E-state index contributed by atoms with van der Waals surface area (Å²) in [5.74, 6) is 0.455. The number of carbonyl (C=O) groups is 1. The van der Waals surface area contributed by atoms with Crippen molar-refractivity contribution in [2.24, 2.45) is 0 Å². The Balaban J connectivity index is 1.64. The average Bonchev–Trinajstić information content (AvgIpc) is 3.05. The number of fused-ring (bicyclic) bond motifs is 1. The van der Waals surface area contributed by atoms with Crippen molar-refractivity contribution in [2.45, 2.75) is 32.0 Å². The Morgan fingerprint density at radius 2 is 2.07 bits per heavy atom. The van der Waals surface area contributed by atoms with E-state index in [4.69, 9.17) is 9.72 Å². The number of aryl methyl sites for hydroxylation is 2. The molecule has 0 radical (unpaired) electrons. The molecule has 1 fully saturated rings. The van der Waals surface area contributed by atoms with E-state index in [0.717, 1.165) is 33.2 Å². The van der Waals surface area contributed by atoms with Crippen LogP contribution in [0, 0.1) is 13.8 Å². The minimum Gasteiger partial charge on any atom is -0.375 e. The minimum atomic E-state index is 0.0894. The molecule has 2 aromatic heterocycles. The Labute approximate surface area is 168 Å². The third kappa shape index (κ3) is 3.77. The summed E-state index contributed by atoms with van der Waals surface area (Å²) in [6.07, 6.45) is 0.0894. The van der Waals surface area contributed by atoms with E-state index in [0.29, 0.717) is 25.4 Å². The molecule has 0 bridgehead atoms. The number of hydrogen-bond acceptors (Lipinski definition) is 5. The Morgan fingerprint density at radius 3 is 2.82 bits per heavy atom. The SMILES string of the molecule is Cc1cc(C)c2c(-c3ccccc3)nc(SCC(=O)N3CCOC(C)C3)n2n1. The van der Waals surface area contributed by atoms with E-state index in [1.807, 2.05) is 41.5 Å². The topological polar surface area (TPSA) is 59.7 Å². The summed E-state index contributed by atoms with van der Waals surface area (Å²) in [6, 6.07) is 12.2. The van der Waals surface area contributed by atoms with Gasteiger partial charge in [-0.05, 0) is 32.4 Å². The number of amides is 1. The molecule has 4 rings (SSSR count). The number of hydrogen-bond donors (Lipinski definition) is 0. The smallest absolute Gasteiger partial charge is 0.233 e. The van der Waals surface area contributed by atoms with Crippen molar-refractivity contribution in [3.63, 3.8) is 0 Å². The molecule has 0 N–H and O–H groups in total. The number of benzene rings is 1. The zero-order chi connectivity index (χ0) is 19.7. The van der Waals surface area contributed by atoms with Gasteiger partial charge in [-0.1, -0.05) is 42.1 Å². The number of nitrogens with zero attached hydrogens (tertiary/aromatic N) is 4. The van der Waals surface area contributed by atoms with Crippen molar-refractivity contribution in [3.05, 3.63) is 47.7 Å². The highest BCUT2D eigenvalue weighted by atomic mass is 32.2. The van der Waals surface area contributed by atoms with E-state index in [1.165, 1.54) is 11.8 Å². The normalized spacial score (nSPS) is 17.2. The number of imidazole rings is 1. The summed E-state index contributed by atoms with van der Waals surface area (Å²) >= 11 is 1.44. The second-order valence-electron chi connectivity index (χ2n) is 7.15. The summed E-state index contributed by atoms with van der Waals surface area (Å²) in [5, 5.41) is 5.42. The molecule has 1 saturated heterocycles. The van der Waals surface area contributed by atoms with Gasteiger partial charge >= 0.3 is 0 Å². The lowest BCUT2D eigenvalue weighted by molar-refractivity contribution is -0.135. The number of thioether (sulfide) groups is 1. The zero-order valence-electron chi connectivity index (χ0n) is 16.4. The maximum Gasteiger partial charge on any atom is 0.233 e. The molecule has 1 atom stereocenters. The molecule has 146 valence electrons. The van der Waals surface area contributed by atoms with Crippen LogP contribution in [0.5, 0.6) is 0 Å². The second kappa shape index (κ2) is 7.93. The van der Waals surface area contributed by atoms with Crippen LogP contribution in [0.25, 0.3) is 16.8 Å². The lowest BCUT2D eigenvalue weighted by atomic mass is 10.1. The zero-order valence-corrected chi connectivity index (χ0v) is 17.2.